The molecule has 1 saturated carbocycles. The van der Waals surface area contributed by atoms with Crippen molar-refractivity contribution in [1.29, 1.82) is 0 Å². The van der Waals surface area contributed by atoms with Crippen molar-refractivity contribution >= 4 is 19.3 Å². The van der Waals surface area contributed by atoms with Crippen LogP contribution in [-0.4, -0.2) is 59.9 Å². The lowest BCUT2D eigenvalue weighted by Gasteiger charge is -2.27. The van der Waals surface area contributed by atoms with E-state index in [9.17, 15) is 0 Å². The summed E-state index contributed by atoms with van der Waals surface area (Å²) >= 11 is 0. The first kappa shape index (κ1) is 17.3. The summed E-state index contributed by atoms with van der Waals surface area (Å²) in [5.41, 5.74) is 0. The van der Waals surface area contributed by atoms with Gasteiger partial charge >= 0.3 is 8.80 Å². The van der Waals surface area contributed by atoms with E-state index >= 15 is 0 Å². The molecule has 0 aromatic heterocycles. The fraction of sp³-hybridized carbons (Fsp3) is 1.00. The molecule has 1 saturated heterocycles. The van der Waals surface area contributed by atoms with E-state index in [1.54, 1.807) is 28.4 Å². The summed E-state index contributed by atoms with van der Waals surface area (Å²) < 4.78 is 26.2. The third kappa shape index (κ3) is 5.26. The van der Waals surface area contributed by atoms with Crippen molar-refractivity contribution < 1.29 is 22.4 Å². The molecule has 3 unspecified atom stereocenters. The van der Waals surface area contributed by atoms with E-state index in [4.69, 9.17) is 18.0 Å². The van der Waals surface area contributed by atoms with Crippen molar-refractivity contribution in [2.45, 2.75) is 43.9 Å². The van der Waals surface area contributed by atoms with Gasteiger partial charge in [-0.15, -0.1) is 0 Å². The lowest BCUT2D eigenvalue weighted by molar-refractivity contribution is 0.120. The van der Waals surface area contributed by atoms with Crippen LogP contribution in [0.3, 0.4) is 0 Å². The number of fused-ring (bicyclic) bond motifs is 1. The van der Waals surface area contributed by atoms with E-state index in [0.29, 0.717) is 12.2 Å². The summed E-state index contributed by atoms with van der Waals surface area (Å²) in [6.07, 6.45) is 6.01. The van der Waals surface area contributed by atoms with Crippen LogP contribution in [0.2, 0.25) is 6.04 Å². The molecule has 0 radical (unpaired) electrons. The largest absolute Gasteiger partial charge is 0.500 e. The van der Waals surface area contributed by atoms with Crippen molar-refractivity contribution in [1.82, 2.24) is 0 Å². The van der Waals surface area contributed by atoms with Gasteiger partial charge in [-0.1, -0.05) is 0 Å². The van der Waals surface area contributed by atoms with Crippen LogP contribution in [0.25, 0.3) is 0 Å². The van der Waals surface area contributed by atoms with Gasteiger partial charge in [0.1, 0.15) is 10.5 Å². The molecule has 3 atom stereocenters. The van der Waals surface area contributed by atoms with Crippen molar-refractivity contribution in [2.75, 3.05) is 28.4 Å². The van der Waals surface area contributed by atoms with Crippen LogP contribution in [0.4, 0.5) is 0 Å². The molecule has 0 amide bonds. The number of hydrogen-bond donors (Lipinski definition) is 0. The minimum absolute atomic E-state index is 0.558. The summed E-state index contributed by atoms with van der Waals surface area (Å²) in [5.74, 6) is 0.760. The number of hydrogen-bond acceptors (Lipinski definition) is 5. The second kappa shape index (κ2) is 8.50. The molecule has 0 aromatic carbocycles. The first-order valence-electron chi connectivity index (χ1n) is 6.85. The lowest BCUT2D eigenvalue weighted by Crippen LogP contribution is -2.43. The topological polar surface area (TPSA) is 49.5 Å². The van der Waals surface area contributed by atoms with Gasteiger partial charge in [-0.05, 0) is 31.6 Å². The molecule has 1 aliphatic heterocycles. The molecule has 7 heteroatoms. The van der Waals surface area contributed by atoms with Gasteiger partial charge in [0, 0.05) is 34.5 Å². The molecular weight excluding hydrogens is 280 g/mol. The zero-order valence-corrected chi connectivity index (χ0v) is 15.8. The molecule has 114 valence electrons. The Hall–Kier alpha value is 0.234. The fourth-order valence-corrected chi connectivity index (χ4v) is 4.56. The first-order valence-corrected chi connectivity index (χ1v) is 9.60. The lowest BCUT2D eigenvalue weighted by atomic mass is 9.88. The average Bonchev–Trinajstić information content (AvgIpc) is 3.20. The SMILES string of the molecule is CO[SiH3].CO[Si](CCC1CCC2OC2C1)(OC)OC. The highest BCUT2D eigenvalue weighted by Gasteiger charge is 2.45. The Kier molecular flexibility index (Phi) is 7.74. The number of epoxide rings is 1. The Balaban J connectivity index is 0.000000550. The van der Waals surface area contributed by atoms with Gasteiger partial charge in [0.2, 0.25) is 0 Å². The molecule has 1 heterocycles. The second-order valence-corrected chi connectivity index (χ2v) is 9.04. The number of ether oxygens (including phenoxy) is 1. The molecule has 0 bridgehead atoms. The zero-order valence-electron chi connectivity index (χ0n) is 12.8. The highest BCUT2D eigenvalue weighted by atomic mass is 28.4. The van der Waals surface area contributed by atoms with Crippen LogP contribution in [0.5, 0.6) is 0 Å². The van der Waals surface area contributed by atoms with E-state index in [2.05, 4.69) is 4.43 Å². The first-order chi connectivity index (χ1) is 9.14. The van der Waals surface area contributed by atoms with E-state index in [1.165, 1.54) is 19.3 Å². The Labute approximate surface area is 120 Å². The fourth-order valence-electron chi connectivity index (χ4n) is 2.69. The van der Waals surface area contributed by atoms with Gasteiger partial charge in [0.15, 0.2) is 0 Å². The second-order valence-electron chi connectivity index (χ2n) is 5.13. The maximum Gasteiger partial charge on any atom is 0.500 e. The zero-order chi connectivity index (χ0) is 14.3. The van der Waals surface area contributed by atoms with Crippen LogP contribution in [-0.2, 0) is 22.4 Å². The van der Waals surface area contributed by atoms with Gasteiger partial charge in [-0.25, -0.2) is 0 Å². The smallest absolute Gasteiger partial charge is 0.431 e. The van der Waals surface area contributed by atoms with Crippen LogP contribution in [0.15, 0.2) is 0 Å². The molecular formula is C12H28O5Si2. The molecule has 2 fully saturated rings. The Bertz CT molecular complexity index is 242. The monoisotopic (exact) mass is 308 g/mol. The molecule has 5 nitrogen and oxygen atoms in total. The Morgan fingerprint density at radius 2 is 1.63 bits per heavy atom. The highest BCUT2D eigenvalue weighted by Crippen LogP contribution is 2.41. The van der Waals surface area contributed by atoms with E-state index in [1.807, 2.05) is 0 Å². The van der Waals surface area contributed by atoms with E-state index in [0.717, 1.165) is 28.9 Å². The maximum absolute atomic E-state index is 5.54. The molecule has 0 spiro atoms. The maximum atomic E-state index is 5.54. The van der Waals surface area contributed by atoms with Gasteiger partial charge < -0.3 is 22.4 Å². The minimum atomic E-state index is -2.35. The molecule has 19 heavy (non-hydrogen) atoms. The van der Waals surface area contributed by atoms with E-state index < -0.39 is 8.80 Å². The van der Waals surface area contributed by atoms with Crippen LogP contribution >= 0.6 is 0 Å². The summed E-state index contributed by atoms with van der Waals surface area (Å²) in [4.78, 5) is 0. The summed E-state index contributed by atoms with van der Waals surface area (Å²) in [7, 11) is 5.25. The van der Waals surface area contributed by atoms with Crippen molar-refractivity contribution in [3.8, 4) is 0 Å². The van der Waals surface area contributed by atoms with Crippen LogP contribution < -0.4 is 0 Å². The van der Waals surface area contributed by atoms with Crippen LogP contribution in [0, 0.1) is 5.92 Å². The average molecular weight is 309 g/mol. The summed E-state index contributed by atoms with van der Waals surface area (Å²) in [5, 5.41) is 0. The van der Waals surface area contributed by atoms with Crippen molar-refractivity contribution in [3.05, 3.63) is 0 Å². The summed E-state index contributed by atoms with van der Waals surface area (Å²) in [6, 6.07) is 0.915. The standard InChI is InChI=1S/C11H22O4Si.CH6OSi/c1-12-16(13-2,14-3)7-6-9-4-5-10-11(8-9)15-10;1-2-3/h9-11H,4-8H2,1-3H3;1,3H3. The molecule has 2 aliphatic rings. The molecule has 2 rings (SSSR count). The van der Waals surface area contributed by atoms with Crippen molar-refractivity contribution in [3.63, 3.8) is 0 Å². The van der Waals surface area contributed by atoms with Gasteiger partial charge in [-0.2, -0.15) is 0 Å². The number of rotatable bonds is 6. The van der Waals surface area contributed by atoms with Crippen LogP contribution in [0.1, 0.15) is 25.7 Å². The Morgan fingerprint density at radius 3 is 2.11 bits per heavy atom. The third-order valence-corrected chi connectivity index (χ3v) is 6.67. The molecule has 0 aromatic rings. The van der Waals surface area contributed by atoms with E-state index in [-0.39, 0.29) is 0 Å². The third-order valence-electron chi connectivity index (χ3n) is 3.90. The Morgan fingerprint density at radius 1 is 1.05 bits per heavy atom. The normalized spacial score (nSPS) is 29.4. The molecule has 0 N–H and O–H groups in total. The predicted molar refractivity (Wildman–Crippen MR) is 79.2 cm³/mol. The molecule has 1 aliphatic carbocycles. The minimum Gasteiger partial charge on any atom is -0.431 e. The quantitative estimate of drug-likeness (QED) is 0.535. The van der Waals surface area contributed by atoms with Gasteiger partial charge in [0.25, 0.3) is 0 Å². The summed E-state index contributed by atoms with van der Waals surface area (Å²) in [6.45, 7) is 0. The highest BCUT2D eigenvalue weighted by molar-refractivity contribution is 6.60. The predicted octanol–water partition coefficient (Wildman–Crippen LogP) is 0.735. The van der Waals surface area contributed by atoms with Crippen molar-refractivity contribution in [2.24, 2.45) is 5.92 Å². The van der Waals surface area contributed by atoms with Gasteiger partial charge in [-0.3, -0.25) is 0 Å². The van der Waals surface area contributed by atoms with Gasteiger partial charge in [0.05, 0.1) is 12.2 Å².